The van der Waals surface area contributed by atoms with Gasteiger partial charge in [-0.15, -0.1) is 0 Å². The highest BCUT2D eigenvalue weighted by Gasteiger charge is 2.57. The van der Waals surface area contributed by atoms with E-state index < -0.39 is 212 Å². The van der Waals surface area contributed by atoms with Gasteiger partial charge in [0.1, 0.15) is 31.0 Å². The van der Waals surface area contributed by atoms with Crippen LogP contribution in [0.5, 0.6) is 0 Å². The van der Waals surface area contributed by atoms with Gasteiger partial charge in [0.15, 0.2) is 43.3 Å². The molecule has 30 heteroatoms. The van der Waals surface area contributed by atoms with Crippen molar-refractivity contribution in [1.29, 1.82) is 5.41 Å². The molecule has 123 heavy (non-hydrogen) atoms. The van der Waals surface area contributed by atoms with Gasteiger partial charge >= 0.3 is 53.7 Å². The maximum absolute atomic E-state index is 14.8. The van der Waals surface area contributed by atoms with Crippen LogP contribution in [0.4, 0.5) is 0 Å². The van der Waals surface area contributed by atoms with Crippen LogP contribution in [0.15, 0.2) is 273 Å². The summed E-state index contributed by atoms with van der Waals surface area (Å²) in [6.07, 6.45) is -25.4. The number of ether oxygens (including phenoxy) is 17. The summed E-state index contributed by atoms with van der Waals surface area (Å²) in [6.45, 7) is 4.13. The zero-order chi connectivity index (χ0) is 86.7. The number of benzene rings is 9. The summed E-state index contributed by atoms with van der Waals surface area (Å²) in [7, 11) is 0. The van der Waals surface area contributed by atoms with Crippen molar-refractivity contribution in [3.8, 4) is 0 Å². The zero-order valence-corrected chi connectivity index (χ0v) is 68.9. The van der Waals surface area contributed by atoms with Gasteiger partial charge in [-0.3, -0.25) is 5.41 Å². The third-order valence-electron chi connectivity index (χ3n) is 21.2. The fraction of sp³-hybridized carbons (Fsp3) is 0.312. The van der Waals surface area contributed by atoms with Gasteiger partial charge in [-0.1, -0.05) is 226 Å². The second-order valence-corrected chi connectivity index (χ2v) is 31.7. The molecule has 640 valence electrons. The number of nitrogens with one attached hydrogen (secondary N) is 1. The van der Waals surface area contributed by atoms with Crippen LogP contribution >= 0.6 is 34.8 Å². The summed E-state index contributed by atoms with van der Waals surface area (Å²) in [5.74, 6) is -13.1. The van der Waals surface area contributed by atoms with E-state index in [9.17, 15) is 43.2 Å². The summed E-state index contributed by atoms with van der Waals surface area (Å²) in [6, 6.07) is 71.3. The minimum Gasteiger partial charge on any atom is -0.459 e. The molecule has 0 bridgehead atoms. The lowest BCUT2D eigenvalue weighted by atomic mass is 9.89. The Morgan fingerprint density at radius 3 is 0.626 bits per heavy atom. The van der Waals surface area contributed by atoms with E-state index in [0.29, 0.717) is 0 Å². The van der Waals surface area contributed by atoms with Crippen molar-refractivity contribution in [2.45, 2.75) is 130 Å². The van der Waals surface area contributed by atoms with Gasteiger partial charge in [0.2, 0.25) is 18.3 Å². The van der Waals surface area contributed by atoms with Crippen molar-refractivity contribution in [3.05, 3.63) is 323 Å². The van der Waals surface area contributed by atoms with Crippen LogP contribution in [-0.2, 0) is 80.5 Å². The largest absolute Gasteiger partial charge is 0.459 e. The van der Waals surface area contributed by atoms with Crippen molar-refractivity contribution in [2.24, 2.45) is 23.7 Å². The van der Waals surface area contributed by atoms with Crippen LogP contribution in [0, 0.1) is 29.1 Å². The van der Waals surface area contributed by atoms with Crippen molar-refractivity contribution in [3.63, 3.8) is 0 Å². The minimum absolute atomic E-state index is 0.0481. The van der Waals surface area contributed by atoms with Crippen LogP contribution in [0.25, 0.3) is 0 Å². The number of carbonyl (C=O) groups excluding carboxylic acids is 9. The van der Waals surface area contributed by atoms with Crippen LogP contribution in [-0.4, -0.2) is 188 Å². The van der Waals surface area contributed by atoms with Gasteiger partial charge in [-0.05, 0) is 109 Å². The third-order valence-corrected chi connectivity index (χ3v) is 21.7. The van der Waals surface area contributed by atoms with Crippen molar-refractivity contribution < 1.29 is 124 Å². The molecule has 13 rings (SSSR count). The van der Waals surface area contributed by atoms with Gasteiger partial charge in [-0.2, -0.15) is 0 Å². The van der Waals surface area contributed by atoms with Gasteiger partial charge in [0.25, 0.3) is 3.79 Å². The van der Waals surface area contributed by atoms with E-state index in [1.807, 2.05) is 0 Å². The number of carbonyl (C=O) groups is 9. The molecule has 27 nitrogen and oxygen atoms in total. The molecule has 0 radical (unpaired) electrons. The fourth-order valence-electron chi connectivity index (χ4n) is 14.3. The molecule has 20 atom stereocenters. The molecular formula is C93H86Cl3NO26. The van der Waals surface area contributed by atoms with Crippen LogP contribution in [0.3, 0.4) is 0 Å². The van der Waals surface area contributed by atoms with Crippen LogP contribution < -0.4 is 0 Å². The molecule has 1 N–H and O–H groups in total. The molecule has 4 aliphatic heterocycles. The van der Waals surface area contributed by atoms with E-state index in [4.69, 9.17) is 121 Å². The predicted molar refractivity (Wildman–Crippen MR) is 440 cm³/mol. The van der Waals surface area contributed by atoms with Gasteiger partial charge in [0, 0.05) is 23.7 Å². The summed E-state index contributed by atoms with van der Waals surface area (Å²) < 4.78 is 108. The molecule has 4 fully saturated rings. The molecule has 4 saturated heterocycles. The van der Waals surface area contributed by atoms with E-state index >= 15 is 0 Å². The summed E-state index contributed by atoms with van der Waals surface area (Å²) >= 11 is 18.7. The summed E-state index contributed by atoms with van der Waals surface area (Å²) in [5.41, 5.74) is 0.849. The van der Waals surface area contributed by atoms with Gasteiger partial charge in [-0.25, -0.2) is 43.2 Å². The molecule has 0 aromatic heterocycles. The summed E-state index contributed by atoms with van der Waals surface area (Å²) in [5, 5.41) is 8.79. The molecule has 4 heterocycles. The minimum atomic E-state index is -2.55. The molecule has 4 aliphatic rings. The third kappa shape index (κ3) is 22.8. The first-order chi connectivity index (χ1) is 59.4. The molecule has 0 aliphatic carbocycles. The van der Waals surface area contributed by atoms with E-state index in [1.165, 1.54) is 97.1 Å². The number of alkyl halides is 3. The van der Waals surface area contributed by atoms with Gasteiger partial charge < -0.3 is 80.5 Å². The molecule has 0 saturated carbocycles. The first-order valence-corrected chi connectivity index (χ1v) is 40.7. The Balaban J connectivity index is 0.872. The highest BCUT2D eigenvalue weighted by Crippen LogP contribution is 2.41. The van der Waals surface area contributed by atoms with E-state index in [0.717, 1.165) is 0 Å². The lowest BCUT2D eigenvalue weighted by molar-refractivity contribution is -0.333. The topological polar surface area (TPSA) is 334 Å². The Morgan fingerprint density at radius 2 is 0.423 bits per heavy atom. The fourth-order valence-corrected chi connectivity index (χ4v) is 14.4. The predicted octanol–water partition coefficient (Wildman–Crippen LogP) is 14.5. The Hall–Kier alpha value is -11.7. The first-order valence-electron chi connectivity index (χ1n) is 39.5. The van der Waals surface area contributed by atoms with Crippen LogP contribution in [0.2, 0.25) is 0 Å². The van der Waals surface area contributed by atoms with E-state index in [2.05, 4.69) is 0 Å². The summed E-state index contributed by atoms with van der Waals surface area (Å²) in [4.78, 5) is 130. The number of hydrogen-bond donors (Lipinski definition) is 1. The maximum Gasteiger partial charge on any atom is 0.338 e. The van der Waals surface area contributed by atoms with Crippen molar-refractivity contribution >= 4 is 94.4 Å². The maximum atomic E-state index is 14.8. The zero-order valence-electron chi connectivity index (χ0n) is 66.6. The number of hydrogen-bond acceptors (Lipinski definition) is 27. The van der Waals surface area contributed by atoms with E-state index in [1.54, 1.807) is 204 Å². The Bertz CT molecular complexity index is 5050. The second kappa shape index (κ2) is 41.9. The number of esters is 9. The SMILES string of the molecule is C[C@H]1[C@H](OC(=O)c2ccccc2)[C@@H](OC(=O)c2ccccc2)[C@H](OC[C@H]2O[C@@H](OC[C@H]3O[C@@H](OC[C@H]4OC(OC(=N)C(Cl)(Cl)Cl)[C@H](OC(=O)c5ccccc5)[C@@H](OC(=O)c5ccccc5)[C@@H]4C)[C@H](OC(=O)c4ccccc4)[C@@H](OC(=O)c4ccccc4)[C@@H]3C)[C@H](OC(=O)c3ccccc3)[C@@H](OC(=O)c3ccccc3)[C@@H]2C)O[C@@H]1COC(=O)c1ccccc1. The van der Waals surface area contributed by atoms with Gasteiger partial charge in [0.05, 0.1) is 88.2 Å². The Morgan fingerprint density at radius 1 is 0.252 bits per heavy atom. The molecule has 0 spiro atoms. The van der Waals surface area contributed by atoms with E-state index in [-0.39, 0.29) is 50.1 Å². The smallest absolute Gasteiger partial charge is 0.338 e. The normalized spacial score (nSPS) is 26.1. The quantitative estimate of drug-likeness (QED) is 0.0150. The lowest BCUT2D eigenvalue weighted by Crippen LogP contribution is -2.62. The van der Waals surface area contributed by atoms with Crippen molar-refractivity contribution in [2.75, 3.05) is 26.4 Å². The van der Waals surface area contributed by atoms with Crippen LogP contribution in [0.1, 0.15) is 121 Å². The Labute approximate surface area is 722 Å². The molecule has 1 unspecified atom stereocenters. The lowest BCUT2D eigenvalue weighted by Gasteiger charge is -2.47. The molecular weight excluding hydrogens is 1650 g/mol. The average molecular weight is 1740 g/mol. The molecule has 9 aromatic carbocycles. The number of halogens is 3. The van der Waals surface area contributed by atoms with Crippen molar-refractivity contribution in [1.82, 2.24) is 0 Å². The highest BCUT2D eigenvalue weighted by molar-refractivity contribution is 6.76. The Kier molecular flexibility index (Phi) is 30.3. The molecule has 0 amide bonds. The average Bonchev–Trinajstić information content (AvgIpc) is 0.773. The number of rotatable bonds is 29. The second-order valence-electron chi connectivity index (χ2n) is 29.4. The molecule has 9 aromatic rings. The first kappa shape index (κ1) is 89.0. The standard InChI is InChI=1S/C93H86Cl3NO26/c1-54-67(50-107-79(98)58-32-14-5-15-33-58)111-88(75(119-84(103)63-42-24-10-25-43-63)71(54)115-80(99)59-34-16-6-17-35-59)108-51-68-55(2)72(116-81(100)60-36-18-7-19-37-60)76(120-85(104)64-44-26-11-27-45-64)89(112-68)109-52-69-56(3)73(117-82(101)61-38-20-8-21-39-61)77(121-86(105)65-46-28-12-29-47-65)90(113-69)110-53-70-57(4)74(118-83(102)62-40-22-9-23-41-62)78(91(114-70)123-92(97)93(94,95)96)122-87(106)66-48-30-13-31-49-66/h5-49,54-57,67-78,88-91,97H,50-53H2,1-4H3/t54-,55-,56-,57-,67-,68-,69-,70-,71+,72+,73+,74+,75-,76-,77-,78-,88-,89-,90-,91?/m1/s1. The highest BCUT2D eigenvalue weighted by atomic mass is 35.6. The monoisotopic (exact) mass is 1740 g/mol.